The lowest BCUT2D eigenvalue weighted by Gasteiger charge is -2.08. The Kier molecular flexibility index (Phi) is 4.49. The van der Waals surface area contributed by atoms with E-state index in [1.807, 2.05) is 38.1 Å². The van der Waals surface area contributed by atoms with E-state index in [2.05, 4.69) is 30.4 Å². The van der Waals surface area contributed by atoms with Gasteiger partial charge in [-0.2, -0.15) is 0 Å². The Morgan fingerprint density at radius 1 is 1.09 bits per heavy atom. The van der Waals surface area contributed by atoms with Crippen molar-refractivity contribution in [1.29, 1.82) is 0 Å². The average molecular weight is 323 g/mol. The van der Waals surface area contributed by atoms with Gasteiger partial charge in [-0.15, -0.1) is 11.3 Å². The first-order valence-corrected chi connectivity index (χ1v) is 8.80. The maximum absolute atomic E-state index is 12.8. The maximum atomic E-state index is 12.8. The standard InChI is InChI=1S/C20H21NOS/c1-4-7-17-16-8-5-6-9-18(16)23-19(17)20(22)21-15-11-13(2)10-14(3)12-15/h5-6,8-12H,4,7H2,1-3H3,(H,21,22). The van der Waals surface area contributed by atoms with Crippen molar-refractivity contribution in [2.45, 2.75) is 33.6 Å². The van der Waals surface area contributed by atoms with Gasteiger partial charge in [0, 0.05) is 10.4 Å². The predicted octanol–water partition coefficient (Wildman–Crippen LogP) is 5.72. The Morgan fingerprint density at radius 2 is 1.78 bits per heavy atom. The quantitative estimate of drug-likeness (QED) is 0.653. The Hall–Kier alpha value is -2.13. The number of benzene rings is 2. The maximum Gasteiger partial charge on any atom is 0.266 e. The van der Waals surface area contributed by atoms with Gasteiger partial charge in [0.1, 0.15) is 0 Å². The summed E-state index contributed by atoms with van der Waals surface area (Å²) < 4.78 is 1.18. The number of nitrogens with one attached hydrogen (secondary N) is 1. The molecule has 3 rings (SSSR count). The molecule has 0 fully saturated rings. The second kappa shape index (κ2) is 6.55. The van der Waals surface area contributed by atoms with Crippen LogP contribution in [0.2, 0.25) is 0 Å². The Bertz CT molecular complexity index is 843. The molecule has 0 atom stereocenters. The van der Waals surface area contributed by atoms with Crippen LogP contribution in [0.3, 0.4) is 0 Å². The van der Waals surface area contributed by atoms with Crippen LogP contribution in [-0.2, 0) is 6.42 Å². The lowest BCUT2D eigenvalue weighted by molar-refractivity contribution is 0.103. The smallest absolute Gasteiger partial charge is 0.266 e. The third-order valence-corrected chi connectivity index (χ3v) is 5.10. The number of amides is 1. The molecule has 1 heterocycles. The molecule has 2 aromatic carbocycles. The fraction of sp³-hybridized carbons (Fsp3) is 0.250. The van der Waals surface area contributed by atoms with Crippen LogP contribution in [0.5, 0.6) is 0 Å². The second-order valence-corrected chi connectivity index (χ2v) is 7.04. The van der Waals surface area contributed by atoms with E-state index in [-0.39, 0.29) is 5.91 Å². The van der Waals surface area contributed by atoms with Crippen LogP contribution in [0, 0.1) is 13.8 Å². The number of aryl methyl sites for hydroxylation is 3. The minimum atomic E-state index is -0.000324. The van der Waals surface area contributed by atoms with Gasteiger partial charge in [0.2, 0.25) is 0 Å². The fourth-order valence-electron chi connectivity index (χ4n) is 3.02. The van der Waals surface area contributed by atoms with E-state index in [0.717, 1.165) is 34.5 Å². The van der Waals surface area contributed by atoms with Crippen LogP contribution in [0.15, 0.2) is 42.5 Å². The van der Waals surface area contributed by atoms with Gasteiger partial charge in [-0.25, -0.2) is 0 Å². The first-order valence-electron chi connectivity index (χ1n) is 7.98. The van der Waals surface area contributed by atoms with E-state index in [4.69, 9.17) is 0 Å². The summed E-state index contributed by atoms with van der Waals surface area (Å²) in [7, 11) is 0. The highest BCUT2D eigenvalue weighted by Crippen LogP contribution is 2.32. The molecule has 1 aromatic heterocycles. The van der Waals surface area contributed by atoms with Crippen LogP contribution in [0.25, 0.3) is 10.1 Å². The van der Waals surface area contributed by atoms with Crippen LogP contribution >= 0.6 is 11.3 Å². The van der Waals surface area contributed by atoms with Crippen molar-refractivity contribution in [3.63, 3.8) is 0 Å². The van der Waals surface area contributed by atoms with Gasteiger partial charge in [-0.1, -0.05) is 37.6 Å². The van der Waals surface area contributed by atoms with Gasteiger partial charge in [0.25, 0.3) is 5.91 Å². The van der Waals surface area contributed by atoms with E-state index in [1.165, 1.54) is 15.6 Å². The molecule has 3 aromatic rings. The van der Waals surface area contributed by atoms with Crippen molar-refractivity contribution in [2.24, 2.45) is 0 Å². The van der Waals surface area contributed by atoms with Crippen molar-refractivity contribution < 1.29 is 4.79 Å². The molecular weight excluding hydrogens is 302 g/mol. The van der Waals surface area contributed by atoms with Gasteiger partial charge in [0.15, 0.2) is 0 Å². The van der Waals surface area contributed by atoms with Gasteiger partial charge in [0.05, 0.1) is 4.88 Å². The minimum Gasteiger partial charge on any atom is -0.321 e. The predicted molar refractivity (Wildman–Crippen MR) is 99.7 cm³/mol. The Labute approximate surface area is 141 Å². The van der Waals surface area contributed by atoms with Crippen LogP contribution in [0.1, 0.15) is 39.7 Å². The van der Waals surface area contributed by atoms with Crippen molar-refractivity contribution in [1.82, 2.24) is 0 Å². The number of thiophene rings is 1. The van der Waals surface area contributed by atoms with Gasteiger partial charge in [-0.05, 0) is 60.5 Å². The van der Waals surface area contributed by atoms with Gasteiger partial charge < -0.3 is 5.32 Å². The monoisotopic (exact) mass is 323 g/mol. The molecule has 0 aliphatic heterocycles. The molecule has 0 aliphatic carbocycles. The van der Waals surface area contributed by atoms with Crippen LogP contribution in [-0.4, -0.2) is 5.91 Å². The molecule has 1 N–H and O–H groups in total. The van der Waals surface area contributed by atoms with E-state index in [9.17, 15) is 4.79 Å². The topological polar surface area (TPSA) is 29.1 Å². The lowest BCUT2D eigenvalue weighted by Crippen LogP contribution is -2.12. The van der Waals surface area contributed by atoms with Crippen molar-refractivity contribution >= 4 is 33.0 Å². The third kappa shape index (κ3) is 3.30. The molecular formula is C20H21NOS. The molecule has 0 bridgehead atoms. The number of carbonyl (C=O) groups excluding carboxylic acids is 1. The highest BCUT2D eigenvalue weighted by Gasteiger charge is 2.17. The number of hydrogen-bond donors (Lipinski definition) is 1. The van der Waals surface area contributed by atoms with E-state index in [1.54, 1.807) is 11.3 Å². The average Bonchev–Trinajstić information content (AvgIpc) is 2.86. The van der Waals surface area contributed by atoms with Gasteiger partial charge in [-0.3, -0.25) is 4.79 Å². The summed E-state index contributed by atoms with van der Waals surface area (Å²) in [6.07, 6.45) is 1.96. The fourth-order valence-corrected chi connectivity index (χ4v) is 4.16. The number of anilines is 1. The molecule has 1 amide bonds. The van der Waals surface area contributed by atoms with Crippen molar-refractivity contribution in [2.75, 3.05) is 5.32 Å². The zero-order chi connectivity index (χ0) is 16.4. The summed E-state index contributed by atoms with van der Waals surface area (Å²) in [4.78, 5) is 13.6. The minimum absolute atomic E-state index is 0.000324. The van der Waals surface area contributed by atoms with Crippen molar-refractivity contribution in [3.05, 3.63) is 64.0 Å². The summed E-state index contributed by atoms with van der Waals surface area (Å²) >= 11 is 1.59. The molecule has 2 nitrogen and oxygen atoms in total. The van der Waals surface area contributed by atoms with E-state index >= 15 is 0 Å². The summed E-state index contributed by atoms with van der Waals surface area (Å²) in [6, 6.07) is 14.4. The number of fused-ring (bicyclic) bond motifs is 1. The molecule has 3 heteroatoms. The summed E-state index contributed by atoms with van der Waals surface area (Å²) in [5.74, 6) is -0.000324. The molecule has 118 valence electrons. The van der Waals surface area contributed by atoms with Crippen molar-refractivity contribution in [3.8, 4) is 0 Å². The normalized spacial score (nSPS) is 10.9. The summed E-state index contributed by atoms with van der Waals surface area (Å²) in [5, 5.41) is 4.28. The van der Waals surface area contributed by atoms with Crippen LogP contribution < -0.4 is 5.32 Å². The molecule has 0 saturated heterocycles. The summed E-state index contributed by atoms with van der Waals surface area (Å²) in [6.45, 7) is 6.24. The highest BCUT2D eigenvalue weighted by atomic mass is 32.1. The molecule has 0 unspecified atom stereocenters. The van der Waals surface area contributed by atoms with Gasteiger partial charge >= 0.3 is 0 Å². The second-order valence-electron chi connectivity index (χ2n) is 5.99. The number of hydrogen-bond acceptors (Lipinski definition) is 2. The first kappa shape index (κ1) is 15.8. The first-order chi connectivity index (χ1) is 11.1. The summed E-state index contributed by atoms with van der Waals surface area (Å²) in [5.41, 5.74) is 4.36. The Morgan fingerprint density at radius 3 is 2.48 bits per heavy atom. The number of rotatable bonds is 4. The largest absolute Gasteiger partial charge is 0.321 e. The SMILES string of the molecule is CCCc1c(C(=O)Nc2cc(C)cc(C)c2)sc2ccccc12. The van der Waals surface area contributed by atoms with Crippen LogP contribution in [0.4, 0.5) is 5.69 Å². The molecule has 0 radical (unpaired) electrons. The third-order valence-electron chi connectivity index (χ3n) is 3.88. The molecule has 0 saturated carbocycles. The zero-order valence-electron chi connectivity index (χ0n) is 13.8. The molecule has 0 aliphatic rings. The Balaban J connectivity index is 1.98. The lowest BCUT2D eigenvalue weighted by atomic mass is 10.1. The van der Waals surface area contributed by atoms with E-state index < -0.39 is 0 Å². The molecule has 23 heavy (non-hydrogen) atoms. The molecule has 0 spiro atoms. The number of carbonyl (C=O) groups is 1. The van der Waals surface area contributed by atoms with E-state index in [0.29, 0.717) is 0 Å². The highest BCUT2D eigenvalue weighted by molar-refractivity contribution is 7.21. The zero-order valence-corrected chi connectivity index (χ0v) is 14.6.